The maximum absolute atomic E-state index is 11.7. The molecule has 1 atom stereocenters. The van der Waals surface area contributed by atoms with Gasteiger partial charge in [0, 0.05) is 24.2 Å². The molecule has 21 heavy (non-hydrogen) atoms. The number of nitrogens with two attached hydrogens (primary N) is 1. The fourth-order valence-electron chi connectivity index (χ4n) is 2.76. The van der Waals surface area contributed by atoms with Crippen LogP contribution in [0.1, 0.15) is 29.2 Å². The molecule has 4 heteroatoms. The van der Waals surface area contributed by atoms with E-state index in [0.29, 0.717) is 11.4 Å². The minimum absolute atomic E-state index is 0.161. The number of benzene rings is 2. The third-order valence-electron chi connectivity index (χ3n) is 4.01. The lowest BCUT2D eigenvalue weighted by molar-refractivity contribution is -0.118. The number of rotatable bonds is 2. The fraction of sp³-hybridized carbons (Fsp3) is 0.235. The highest BCUT2D eigenvalue weighted by Crippen LogP contribution is 2.31. The van der Waals surface area contributed by atoms with Gasteiger partial charge >= 0.3 is 0 Å². The van der Waals surface area contributed by atoms with E-state index in [9.17, 15) is 4.79 Å². The van der Waals surface area contributed by atoms with E-state index < -0.39 is 0 Å². The molecule has 0 radical (unpaired) electrons. The molecule has 0 aromatic heterocycles. The van der Waals surface area contributed by atoms with Crippen molar-refractivity contribution < 1.29 is 4.79 Å². The Morgan fingerprint density at radius 2 is 1.90 bits per heavy atom. The zero-order valence-electron chi connectivity index (χ0n) is 11.8. The summed E-state index contributed by atoms with van der Waals surface area (Å²) in [5.74, 6) is 0.161. The minimum atomic E-state index is -0.211. The predicted octanol–water partition coefficient (Wildman–Crippen LogP) is 3.30. The summed E-state index contributed by atoms with van der Waals surface area (Å²) in [5, 5.41) is 0.686. The van der Waals surface area contributed by atoms with Gasteiger partial charge in [0.2, 0.25) is 5.91 Å². The summed E-state index contributed by atoms with van der Waals surface area (Å²) in [5.41, 5.74) is 10.5. The van der Waals surface area contributed by atoms with Gasteiger partial charge in [0.1, 0.15) is 0 Å². The van der Waals surface area contributed by atoms with E-state index in [-0.39, 0.29) is 11.9 Å². The van der Waals surface area contributed by atoms with Crippen molar-refractivity contribution >= 4 is 23.2 Å². The first-order chi connectivity index (χ1) is 10.1. The molecule has 0 saturated carbocycles. The molecule has 1 unspecified atom stereocenters. The van der Waals surface area contributed by atoms with Crippen molar-refractivity contribution in [2.45, 2.75) is 18.9 Å². The molecular formula is C17H17ClN2O. The molecule has 1 heterocycles. The zero-order chi connectivity index (χ0) is 15.0. The molecule has 1 aliphatic heterocycles. The van der Waals surface area contributed by atoms with Gasteiger partial charge in [-0.05, 0) is 41.3 Å². The highest BCUT2D eigenvalue weighted by molar-refractivity contribution is 6.30. The summed E-state index contributed by atoms with van der Waals surface area (Å²) in [7, 11) is 1.82. The first kappa shape index (κ1) is 14.1. The highest BCUT2D eigenvalue weighted by atomic mass is 35.5. The second kappa shape index (κ2) is 5.51. The average molecular weight is 301 g/mol. The van der Waals surface area contributed by atoms with Gasteiger partial charge in [-0.15, -0.1) is 0 Å². The quantitative estimate of drug-likeness (QED) is 0.925. The van der Waals surface area contributed by atoms with Gasteiger partial charge in [-0.3, -0.25) is 4.79 Å². The van der Waals surface area contributed by atoms with E-state index in [2.05, 4.69) is 6.07 Å². The van der Waals surface area contributed by atoms with E-state index >= 15 is 0 Å². The van der Waals surface area contributed by atoms with E-state index in [1.165, 1.54) is 5.56 Å². The Hall–Kier alpha value is -1.84. The van der Waals surface area contributed by atoms with Gasteiger partial charge in [0.05, 0.1) is 6.04 Å². The predicted molar refractivity (Wildman–Crippen MR) is 85.7 cm³/mol. The number of nitrogens with zero attached hydrogens (tertiary/aromatic N) is 1. The van der Waals surface area contributed by atoms with Crippen LogP contribution in [0.4, 0.5) is 5.69 Å². The molecule has 1 aliphatic rings. The van der Waals surface area contributed by atoms with Crippen LogP contribution in [-0.2, 0) is 11.2 Å². The van der Waals surface area contributed by atoms with E-state index in [1.54, 1.807) is 4.90 Å². The van der Waals surface area contributed by atoms with Gasteiger partial charge in [0.25, 0.3) is 0 Å². The van der Waals surface area contributed by atoms with Gasteiger partial charge in [-0.2, -0.15) is 0 Å². The Balaban J connectivity index is 1.95. The van der Waals surface area contributed by atoms with Crippen molar-refractivity contribution in [2.24, 2.45) is 5.73 Å². The number of carbonyl (C=O) groups excluding carboxylic acids is 1. The molecule has 1 amide bonds. The van der Waals surface area contributed by atoms with Crippen LogP contribution >= 0.6 is 11.6 Å². The van der Waals surface area contributed by atoms with Crippen LogP contribution in [0.2, 0.25) is 5.02 Å². The SMILES string of the molecule is CN1C(=O)CCc2cc(C(N)c3cccc(Cl)c3)ccc21. The molecule has 0 aliphatic carbocycles. The van der Waals surface area contributed by atoms with E-state index in [0.717, 1.165) is 23.2 Å². The second-order valence-electron chi connectivity index (χ2n) is 5.37. The summed E-state index contributed by atoms with van der Waals surface area (Å²) in [6, 6.07) is 13.5. The molecule has 3 rings (SSSR count). The van der Waals surface area contributed by atoms with Crippen molar-refractivity contribution in [3.05, 3.63) is 64.2 Å². The van der Waals surface area contributed by atoms with Gasteiger partial charge in [-0.25, -0.2) is 0 Å². The highest BCUT2D eigenvalue weighted by Gasteiger charge is 2.21. The van der Waals surface area contributed by atoms with Crippen molar-refractivity contribution in [3.8, 4) is 0 Å². The van der Waals surface area contributed by atoms with Crippen molar-refractivity contribution in [3.63, 3.8) is 0 Å². The molecule has 108 valence electrons. The Bertz CT molecular complexity index is 699. The third kappa shape index (κ3) is 2.67. The summed E-state index contributed by atoms with van der Waals surface area (Å²) in [4.78, 5) is 13.4. The number of hydrogen-bond donors (Lipinski definition) is 1. The number of fused-ring (bicyclic) bond motifs is 1. The van der Waals surface area contributed by atoms with E-state index in [4.69, 9.17) is 17.3 Å². The third-order valence-corrected chi connectivity index (χ3v) is 4.25. The van der Waals surface area contributed by atoms with Crippen LogP contribution in [0.15, 0.2) is 42.5 Å². The Morgan fingerprint density at radius 1 is 1.14 bits per heavy atom. The molecule has 0 saturated heterocycles. The van der Waals surface area contributed by atoms with E-state index in [1.807, 2.05) is 43.4 Å². The Labute approximate surface area is 129 Å². The number of hydrogen-bond acceptors (Lipinski definition) is 2. The minimum Gasteiger partial charge on any atom is -0.320 e. The lowest BCUT2D eigenvalue weighted by atomic mass is 9.94. The number of anilines is 1. The molecule has 0 bridgehead atoms. The van der Waals surface area contributed by atoms with Gasteiger partial charge < -0.3 is 10.6 Å². The monoisotopic (exact) mass is 300 g/mol. The van der Waals surface area contributed by atoms with Crippen molar-refractivity contribution in [1.29, 1.82) is 0 Å². The van der Waals surface area contributed by atoms with Crippen LogP contribution in [0.5, 0.6) is 0 Å². The lowest BCUT2D eigenvalue weighted by Crippen LogP contribution is -2.31. The summed E-state index contributed by atoms with van der Waals surface area (Å²) < 4.78 is 0. The topological polar surface area (TPSA) is 46.3 Å². The average Bonchev–Trinajstić information content (AvgIpc) is 2.50. The van der Waals surface area contributed by atoms with Gasteiger partial charge in [-0.1, -0.05) is 35.9 Å². The molecule has 2 aromatic rings. The Morgan fingerprint density at radius 3 is 2.67 bits per heavy atom. The standard InChI is InChI=1S/C17H17ClN2O/c1-20-15-7-5-13(9-11(15)6-8-16(20)21)17(19)12-3-2-4-14(18)10-12/h2-5,7,9-10,17H,6,8,19H2,1H3. The summed E-state index contributed by atoms with van der Waals surface area (Å²) >= 11 is 6.03. The second-order valence-corrected chi connectivity index (χ2v) is 5.81. The smallest absolute Gasteiger partial charge is 0.227 e. The number of amides is 1. The molecule has 2 aromatic carbocycles. The normalized spacial score (nSPS) is 15.8. The van der Waals surface area contributed by atoms with Crippen molar-refractivity contribution in [1.82, 2.24) is 0 Å². The maximum Gasteiger partial charge on any atom is 0.227 e. The molecule has 0 spiro atoms. The summed E-state index contributed by atoms with van der Waals surface area (Å²) in [6.45, 7) is 0. The first-order valence-electron chi connectivity index (χ1n) is 6.96. The van der Waals surface area contributed by atoms with Crippen LogP contribution in [0.25, 0.3) is 0 Å². The largest absolute Gasteiger partial charge is 0.320 e. The molecule has 0 fully saturated rings. The molecular weight excluding hydrogens is 284 g/mol. The number of halogens is 1. The molecule has 2 N–H and O–H groups in total. The first-order valence-corrected chi connectivity index (χ1v) is 7.34. The van der Waals surface area contributed by atoms with Crippen LogP contribution < -0.4 is 10.6 Å². The Kier molecular flexibility index (Phi) is 3.70. The molecule has 3 nitrogen and oxygen atoms in total. The number of carbonyl (C=O) groups is 1. The van der Waals surface area contributed by atoms with Crippen LogP contribution in [-0.4, -0.2) is 13.0 Å². The zero-order valence-corrected chi connectivity index (χ0v) is 12.6. The van der Waals surface area contributed by atoms with Crippen molar-refractivity contribution in [2.75, 3.05) is 11.9 Å². The van der Waals surface area contributed by atoms with Crippen LogP contribution in [0, 0.1) is 0 Å². The number of aryl methyl sites for hydroxylation is 1. The lowest BCUT2D eigenvalue weighted by Gasteiger charge is -2.27. The van der Waals surface area contributed by atoms with Gasteiger partial charge in [0.15, 0.2) is 0 Å². The fourth-order valence-corrected chi connectivity index (χ4v) is 2.96. The maximum atomic E-state index is 11.7. The van der Waals surface area contributed by atoms with Crippen LogP contribution in [0.3, 0.4) is 0 Å². The summed E-state index contributed by atoms with van der Waals surface area (Å²) in [6.07, 6.45) is 1.33.